The van der Waals surface area contributed by atoms with Gasteiger partial charge < -0.3 is 9.47 Å². The van der Waals surface area contributed by atoms with E-state index >= 15 is 0 Å². The summed E-state index contributed by atoms with van der Waals surface area (Å²) in [6.07, 6.45) is -0.840. The van der Waals surface area contributed by atoms with E-state index < -0.39 is 22.5 Å². The Balaban J connectivity index is 2.20. The summed E-state index contributed by atoms with van der Waals surface area (Å²) >= 11 is 7.56. The molecule has 0 radical (unpaired) electrons. The number of alkyl halides is 1. The zero-order valence-electron chi connectivity index (χ0n) is 13.0. The van der Waals surface area contributed by atoms with Crippen LogP contribution in [0.3, 0.4) is 0 Å². The molecular weight excluding hydrogens is 382 g/mol. The van der Waals surface area contributed by atoms with Gasteiger partial charge in [0.1, 0.15) is 15.9 Å². The fourth-order valence-corrected chi connectivity index (χ4v) is 3.05. The molecule has 0 aromatic heterocycles. The van der Waals surface area contributed by atoms with Crippen LogP contribution >= 0.6 is 28.6 Å². The van der Waals surface area contributed by atoms with Crippen LogP contribution in [-0.2, 0) is 19.1 Å². The third-order valence-electron chi connectivity index (χ3n) is 3.41. The van der Waals surface area contributed by atoms with Crippen LogP contribution in [-0.4, -0.2) is 34.1 Å². The van der Waals surface area contributed by atoms with Gasteiger partial charge in [0.15, 0.2) is 0 Å². The lowest BCUT2D eigenvalue weighted by Gasteiger charge is -2.42. The van der Waals surface area contributed by atoms with Crippen LogP contribution in [0.4, 0.5) is 0 Å². The Hall–Kier alpha value is -1.31. The van der Waals surface area contributed by atoms with Gasteiger partial charge in [0.05, 0.1) is 0 Å². The molecule has 2 rings (SSSR count). The maximum Gasteiger partial charge on any atom is 0.357 e. The smallest absolute Gasteiger partial charge is 0.357 e. The molecule has 0 saturated carbocycles. The quantitative estimate of drug-likeness (QED) is 0.206. The third kappa shape index (κ3) is 3.62. The number of likely N-dealkylation sites (tertiary alicyclic amines) is 1. The number of carbonyl (C=O) groups is 2. The summed E-state index contributed by atoms with van der Waals surface area (Å²) < 4.78 is 10.7. The van der Waals surface area contributed by atoms with Gasteiger partial charge in [-0.2, -0.15) is 12.6 Å². The van der Waals surface area contributed by atoms with Crippen molar-refractivity contribution in [1.82, 2.24) is 4.90 Å². The van der Waals surface area contributed by atoms with Gasteiger partial charge in [0.25, 0.3) is 0 Å². The van der Waals surface area contributed by atoms with Crippen LogP contribution in [0.5, 0.6) is 0 Å². The summed E-state index contributed by atoms with van der Waals surface area (Å²) in [6, 6.07) is 9.12. The molecule has 5 nitrogen and oxygen atoms in total. The Labute approximate surface area is 149 Å². The number of thiol groups is 1. The van der Waals surface area contributed by atoms with E-state index in [4.69, 9.17) is 9.47 Å². The SMILES string of the molecule is COC(OC(=O)C(=C(C)C)N1C(=O)[C@H](Br)[C@H]1S)c1ccccc1. The first-order valence-corrected chi connectivity index (χ1v) is 8.43. The van der Waals surface area contributed by atoms with Gasteiger partial charge in [-0.05, 0) is 19.4 Å². The Kier molecular flexibility index (Phi) is 5.89. The summed E-state index contributed by atoms with van der Waals surface area (Å²) in [7, 11) is 1.46. The van der Waals surface area contributed by atoms with Crippen molar-refractivity contribution in [2.75, 3.05) is 7.11 Å². The highest BCUT2D eigenvalue weighted by atomic mass is 79.9. The molecular formula is C16H18BrNO4S. The Morgan fingerprint density at radius 2 is 1.91 bits per heavy atom. The van der Waals surface area contributed by atoms with Crippen molar-refractivity contribution in [3.05, 3.63) is 47.2 Å². The molecule has 1 fully saturated rings. The maximum atomic E-state index is 12.6. The first-order valence-electron chi connectivity index (χ1n) is 7.00. The highest BCUT2D eigenvalue weighted by molar-refractivity contribution is 9.10. The van der Waals surface area contributed by atoms with Crippen LogP contribution in [0.25, 0.3) is 0 Å². The number of ether oxygens (including phenoxy) is 2. The number of rotatable bonds is 5. The van der Waals surface area contributed by atoms with Crippen LogP contribution in [0.15, 0.2) is 41.6 Å². The number of carbonyl (C=O) groups excluding carboxylic acids is 2. The van der Waals surface area contributed by atoms with Gasteiger partial charge in [-0.1, -0.05) is 46.3 Å². The minimum absolute atomic E-state index is 0.198. The number of hydrogen-bond donors (Lipinski definition) is 1. The van der Waals surface area contributed by atoms with Gasteiger partial charge >= 0.3 is 5.97 Å². The van der Waals surface area contributed by atoms with E-state index in [1.54, 1.807) is 26.0 Å². The second kappa shape index (κ2) is 7.51. The van der Waals surface area contributed by atoms with Crippen molar-refractivity contribution in [3.8, 4) is 0 Å². The second-order valence-electron chi connectivity index (χ2n) is 5.26. The monoisotopic (exact) mass is 399 g/mol. The molecule has 1 saturated heterocycles. The lowest BCUT2D eigenvalue weighted by atomic mass is 10.1. The summed E-state index contributed by atoms with van der Waals surface area (Å²) in [5, 5.41) is -0.405. The van der Waals surface area contributed by atoms with E-state index in [0.29, 0.717) is 11.1 Å². The van der Waals surface area contributed by atoms with E-state index in [1.165, 1.54) is 12.0 Å². The summed E-state index contributed by atoms with van der Waals surface area (Å²) in [5.74, 6) is -0.834. The topological polar surface area (TPSA) is 55.8 Å². The second-order valence-corrected chi connectivity index (χ2v) is 6.77. The van der Waals surface area contributed by atoms with Crippen molar-refractivity contribution in [2.45, 2.75) is 30.3 Å². The Bertz CT molecular complexity index is 630. The molecule has 0 N–H and O–H groups in total. The normalized spacial score (nSPS) is 21.4. The van der Waals surface area contributed by atoms with Crippen molar-refractivity contribution in [3.63, 3.8) is 0 Å². The van der Waals surface area contributed by atoms with Gasteiger partial charge in [0.2, 0.25) is 12.2 Å². The lowest BCUT2D eigenvalue weighted by molar-refractivity contribution is -0.174. The molecule has 1 heterocycles. The number of esters is 1. The zero-order valence-corrected chi connectivity index (χ0v) is 15.5. The van der Waals surface area contributed by atoms with E-state index in [-0.39, 0.29) is 11.6 Å². The standard InChI is InChI=1S/C16H18BrNO4S/c1-9(2)12(18-13(19)11(17)14(18)23)15(20)22-16(21-3)10-7-5-4-6-8-10/h4-8,11,14,16,23H,1-3H3/t11-,14+,16?/m0/s1. The molecule has 1 amide bonds. The Morgan fingerprint density at radius 1 is 1.30 bits per heavy atom. The number of hydrogen-bond acceptors (Lipinski definition) is 5. The van der Waals surface area contributed by atoms with Gasteiger partial charge in [-0.25, -0.2) is 4.79 Å². The zero-order chi connectivity index (χ0) is 17.1. The average Bonchev–Trinajstić information content (AvgIpc) is 2.56. The number of allylic oxidation sites excluding steroid dienone is 1. The molecule has 1 aromatic rings. The van der Waals surface area contributed by atoms with Crippen LogP contribution in [0, 0.1) is 0 Å². The molecule has 7 heteroatoms. The van der Waals surface area contributed by atoms with Gasteiger partial charge in [-0.3, -0.25) is 9.69 Å². The van der Waals surface area contributed by atoms with E-state index in [0.717, 1.165) is 0 Å². The van der Waals surface area contributed by atoms with Gasteiger partial charge in [-0.15, -0.1) is 0 Å². The molecule has 1 aliphatic rings. The number of amides is 1. The lowest BCUT2D eigenvalue weighted by Crippen LogP contribution is -2.59. The minimum Gasteiger partial charge on any atom is -0.427 e. The molecule has 1 aliphatic heterocycles. The average molecular weight is 400 g/mol. The van der Waals surface area contributed by atoms with Crippen LogP contribution in [0.1, 0.15) is 25.7 Å². The number of nitrogens with zero attached hydrogens (tertiary/aromatic N) is 1. The molecule has 3 atom stereocenters. The predicted octanol–water partition coefficient (Wildman–Crippen LogP) is 3.03. The third-order valence-corrected chi connectivity index (χ3v) is 5.24. The minimum atomic E-state index is -0.840. The number of β-lactam (4-membered cyclic amide) rings is 1. The Morgan fingerprint density at radius 3 is 2.39 bits per heavy atom. The molecule has 1 unspecified atom stereocenters. The van der Waals surface area contributed by atoms with Gasteiger partial charge in [0, 0.05) is 12.7 Å². The van der Waals surface area contributed by atoms with Crippen molar-refractivity contribution in [1.29, 1.82) is 0 Å². The number of benzene rings is 1. The molecule has 1 aromatic carbocycles. The van der Waals surface area contributed by atoms with Crippen LogP contribution in [0.2, 0.25) is 0 Å². The molecule has 0 aliphatic carbocycles. The predicted molar refractivity (Wildman–Crippen MR) is 93.0 cm³/mol. The highest BCUT2D eigenvalue weighted by Gasteiger charge is 2.48. The van der Waals surface area contributed by atoms with Crippen LogP contribution < -0.4 is 0 Å². The number of methoxy groups -OCH3 is 1. The first kappa shape index (κ1) is 18.0. The summed E-state index contributed by atoms with van der Waals surface area (Å²) in [4.78, 5) is 25.5. The van der Waals surface area contributed by atoms with E-state index in [2.05, 4.69) is 28.6 Å². The summed E-state index contributed by atoms with van der Waals surface area (Å²) in [5.41, 5.74) is 1.58. The first-order chi connectivity index (χ1) is 10.9. The molecule has 23 heavy (non-hydrogen) atoms. The maximum absolute atomic E-state index is 12.6. The molecule has 124 valence electrons. The molecule has 0 spiro atoms. The highest BCUT2D eigenvalue weighted by Crippen LogP contribution is 2.35. The number of halogens is 1. The largest absolute Gasteiger partial charge is 0.427 e. The van der Waals surface area contributed by atoms with Crippen molar-refractivity contribution >= 4 is 40.4 Å². The fourth-order valence-electron chi connectivity index (χ4n) is 2.24. The molecule has 0 bridgehead atoms. The fraction of sp³-hybridized carbons (Fsp3) is 0.375. The van der Waals surface area contributed by atoms with Crippen molar-refractivity contribution in [2.24, 2.45) is 0 Å². The van der Waals surface area contributed by atoms with E-state index in [1.807, 2.05) is 18.2 Å². The van der Waals surface area contributed by atoms with E-state index in [9.17, 15) is 9.59 Å². The summed E-state index contributed by atoms with van der Waals surface area (Å²) in [6.45, 7) is 3.49. The van der Waals surface area contributed by atoms with Crippen molar-refractivity contribution < 1.29 is 19.1 Å².